The first-order valence-corrected chi connectivity index (χ1v) is 29.5. The molecule has 13 nitrogen and oxygen atoms in total. The minimum Gasteiger partial charge on any atom is -0.462 e. The summed E-state index contributed by atoms with van der Waals surface area (Å²) in [6.07, 6.45) is 37.0. The van der Waals surface area contributed by atoms with Gasteiger partial charge in [-0.1, -0.05) is 225 Å². The third-order valence-corrected chi connectivity index (χ3v) is 14.3. The van der Waals surface area contributed by atoms with E-state index < -0.39 is 75.7 Å². The number of phosphoric acid groups is 1. The van der Waals surface area contributed by atoms with E-state index in [-0.39, 0.29) is 12.8 Å². The Labute approximate surface area is 413 Å². The minimum atomic E-state index is -5.12. The maximum atomic E-state index is 12.9. The zero-order valence-electron chi connectivity index (χ0n) is 43.2. The Morgan fingerprint density at radius 3 is 1.12 bits per heavy atom. The van der Waals surface area contributed by atoms with E-state index in [0.717, 1.165) is 57.8 Å². The third-order valence-electron chi connectivity index (χ3n) is 13.4. The molecule has 1 aliphatic carbocycles. The number of unbranched alkanes of at least 4 members (excludes halogenated alkanes) is 34. The number of rotatable bonds is 48. The summed E-state index contributed by atoms with van der Waals surface area (Å²) in [6.45, 7) is 3.34. The molecule has 0 aromatic heterocycles. The first-order valence-electron chi connectivity index (χ1n) is 28.0. The highest BCUT2D eigenvalue weighted by Gasteiger charge is 2.51. The number of hydrogen-bond acceptors (Lipinski definition) is 12. The number of aliphatic hydroxyl groups excluding tert-OH is 5. The van der Waals surface area contributed by atoms with Crippen molar-refractivity contribution in [2.75, 3.05) is 13.2 Å². The standard InChI is InChI=1S/C54H103O13P/c1-3-5-7-9-11-13-15-17-19-20-21-22-23-24-25-26-27-29-30-32-34-36-38-40-42-47(55)64-44-46(45-65-68(62,63)67-54-52(60)50(58)49(57)51(59)53(54)61)66-48(56)43-41-39-37-35-33-31-28-18-16-14-12-10-8-6-4-2/h18,28,46,49-54,57-61H,3-17,19-27,29-45H2,1-2H3,(H,62,63)/b28-18-. The van der Waals surface area contributed by atoms with Gasteiger partial charge in [-0.05, 0) is 38.5 Å². The molecule has 0 spiro atoms. The van der Waals surface area contributed by atoms with E-state index in [0.29, 0.717) is 12.8 Å². The van der Waals surface area contributed by atoms with Gasteiger partial charge >= 0.3 is 19.8 Å². The van der Waals surface area contributed by atoms with Gasteiger partial charge < -0.3 is 39.9 Å². The highest BCUT2D eigenvalue weighted by atomic mass is 31.2. The number of hydrogen-bond donors (Lipinski definition) is 6. The van der Waals surface area contributed by atoms with Crippen LogP contribution in [0.5, 0.6) is 0 Å². The van der Waals surface area contributed by atoms with Crippen LogP contribution in [-0.4, -0.2) is 98.3 Å². The highest BCUT2D eigenvalue weighted by Crippen LogP contribution is 2.47. The lowest BCUT2D eigenvalue weighted by Gasteiger charge is -2.41. The van der Waals surface area contributed by atoms with Crippen molar-refractivity contribution in [3.8, 4) is 0 Å². The van der Waals surface area contributed by atoms with Crippen LogP contribution < -0.4 is 0 Å². The smallest absolute Gasteiger partial charge is 0.462 e. The molecule has 6 unspecified atom stereocenters. The summed E-state index contributed by atoms with van der Waals surface area (Å²) in [7, 11) is -5.12. The minimum absolute atomic E-state index is 0.0913. The van der Waals surface area contributed by atoms with Crippen molar-refractivity contribution in [3.05, 3.63) is 12.2 Å². The maximum absolute atomic E-state index is 12.9. The summed E-state index contributed by atoms with van der Waals surface area (Å²) < 4.78 is 33.7. The molecule has 6 N–H and O–H groups in total. The van der Waals surface area contributed by atoms with Gasteiger partial charge in [-0.2, -0.15) is 0 Å². The van der Waals surface area contributed by atoms with Gasteiger partial charge in [-0.3, -0.25) is 18.6 Å². The number of carbonyl (C=O) groups excluding carboxylic acids is 2. The number of phosphoric ester groups is 1. The topological polar surface area (TPSA) is 210 Å². The van der Waals surface area contributed by atoms with Crippen molar-refractivity contribution < 1.29 is 63.1 Å². The third kappa shape index (κ3) is 35.7. The normalized spacial score (nSPS) is 21.0. The zero-order chi connectivity index (χ0) is 49.9. The van der Waals surface area contributed by atoms with Gasteiger partial charge in [0, 0.05) is 12.8 Å². The van der Waals surface area contributed by atoms with Gasteiger partial charge in [-0.15, -0.1) is 0 Å². The SMILES string of the molecule is CCCCCCCC/C=C\CCCCCCCC(=O)OC(COC(=O)CCCCCCCCCCCCCCCCCCCCCCCCCC)COP(=O)(O)OC1C(O)C(O)C(O)C(O)C1O. The van der Waals surface area contributed by atoms with Gasteiger partial charge in [0.2, 0.25) is 0 Å². The second kappa shape index (κ2) is 44.3. The summed E-state index contributed by atoms with van der Waals surface area (Å²) in [4.78, 5) is 35.9. The molecule has 0 bridgehead atoms. The predicted molar refractivity (Wildman–Crippen MR) is 272 cm³/mol. The van der Waals surface area contributed by atoms with Gasteiger partial charge in [-0.25, -0.2) is 4.57 Å². The second-order valence-corrected chi connectivity index (χ2v) is 21.2. The molecule has 6 atom stereocenters. The molecule has 0 heterocycles. The van der Waals surface area contributed by atoms with E-state index in [4.69, 9.17) is 18.5 Å². The lowest BCUT2D eigenvalue weighted by molar-refractivity contribution is -0.220. The lowest BCUT2D eigenvalue weighted by Crippen LogP contribution is -2.64. The van der Waals surface area contributed by atoms with E-state index in [9.17, 15) is 44.6 Å². The van der Waals surface area contributed by atoms with Crippen molar-refractivity contribution in [2.45, 2.75) is 307 Å². The Kier molecular flexibility index (Phi) is 42.1. The molecule has 402 valence electrons. The molecular formula is C54H103O13P. The number of aliphatic hydroxyl groups is 5. The summed E-state index contributed by atoms with van der Waals surface area (Å²) in [5, 5.41) is 50.3. The van der Waals surface area contributed by atoms with Gasteiger partial charge in [0.25, 0.3) is 0 Å². The van der Waals surface area contributed by atoms with Crippen LogP contribution in [0.2, 0.25) is 0 Å². The van der Waals surface area contributed by atoms with Crippen LogP contribution in [-0.2, 0) is 32.7 Å². The van der Waals surface area contributed by atoms with E-state index in [1.807, 2.05) is 0 Å². The first-order chi connectivity index (χ1) is 32.9. The van der Waals surface area contributed by atoms with E-state index in [2.05, 4.69) is 26.0 Å². The maximum Gasteiger partial charge on any atom is 0.472 e. The van der Waals surface area contributed by atoms with Crippen LogP contribution in [0.4, 0.5) is 0 Å². The first kappa shape index (κ1) is 64.6. The molecule has 0 amide bonds. The number of carbonyl (C=O) groups is 2. The average Bonchev–Trinajstić information content (AvgIpc) is 3.32. The Hall–Kier alpha value is -1.41. The monoisotopic (exact) mass is 991 g/mol. The van der Waals surface area contributed by atoms with Crippen LogP contribution in [0.1, 0.15) is 264 Å². The highest BCUT2D eigenvalue weighted by molar-refractivity contribution is 7.47. The summed E-state index contributed by atoms with van der Waals surface area (Å²) in [6, 6.07) is 0. The molecule has 0 aromatic carbocycles. The molecule has 1 rings (SSSR count). The number of allylic oxidation sites excluding steroid dienone is 2. The predicted octanol–water partition coefficient (Wildman–Crippen LogP) is 12.6. The quantitative estimate of drug-likeness (QED) is 0.0145. The fourth-order valence-corrected chi connectivity index (χ4v) is 9.85. The molecule has 68 heavy (non-hydrogen) atoms. The Morgan fingerprint density at radius 1 is 0.441 bits per heavy atom. The molecule has 14 heteroatoms. The van der Waals surface area contributed by atoms with Gasteiger partial charge in [0.15, 0.2) is 6.10 Å². The van der Waals surface area contributed by atoms with Crippen molar-refractivity contribution in [1.82, 2.24) is 0 Å². The lowest BCUT2D eigenvalue weighted by atomic mass is 9.85. The van der Waals surface area contributed by atoms with E-state index >= 15 is 0 Å². The zero-order valence-corrected chi connectivity index (χ0v) is 44.1. The van der Waals surface area contributed by atoms with E-state index in [1.165, 1.54) is 167 Å². The molecule has 0 aromatic rings. The molecule has 1 saturated carbocycles. The Balaban J connectivity index is 2.31. The molecule has 0 aliphatic heterocycles. The molecule has 1 fully saturated rings. The van der Waals surface area contributed by atoms with Crippen LogP contribution in [0.25, 0.3) is 0 Å². The molecule has 0 radical (unpaired) electrons. The average molecular weight is 991 g/mol. The summed E-state index contributed by atoms with van der Waals surface area (Å²) >= 11 is 0. The summed E-state index contributed by atoms with van der Waals surface area (Å²) in [5.74, 6) is -1.09. The Bertz CT molecular complexity index is 1240. The van der Waals surface area contributed by atoms with Crippen LogP contribution >= 0.6 is 7.82 Å². The van der Waals surface area contributed by atoms with E-state index in [1.54, 1.807) is 0 Å². The van der Waals surface area contributed by atoms with Crippen molar-refractivity contribution >= 4 is 19.8 Å². The summed E-state index contributed by atoms with van der Waals surface area (Å²) in [5.41, 5.74) is 0. The van der Waals surface area contributed by atoms with Gasteiger partial charge in [0.1, 0.15) is 43.2 Å². The molecule has 0 saturated heterocycles. The fourth-order valence-electron chi connectivity index (χ4n) is 8.87. The van der Waals surface area contributed by atoms with Crippen LogP contribution in [0, 0.1) is 0 Å². The number of ether oxygens (including phenoxy) is 2. The van der Waals surface area contributed by atoms with Crippen molar-refractivity contribution in [1.29, 1.82) is 0 Å². The van der Waals surface area contributed by atoms with Crippen LogP contribution in [0.3, 0.4) is 0 Å². The van der Waals surface area contributed by atoms with Crippen molar-refractivity contribution in [3.63, 3.8) is 0 Å². The number of esters is 2. The van der Waals surface area contributed by atoms with Crippen molar-refractivity contribution in [2.24, 2.45) is 0 Å². The second-order valence-electron chi connectivity index (χ2n) is 19.8. The molecular weight excluding hydrogens is 888 g/mol. The van der Waals surface area contributed by atoms with Crippen LogP contribution in [0.15, 0.2) is 12.2 Å². The largest absolute Gasteiger partial charge is 0.472 e. The fraction of sp³-hybridized carbons (Fsp3) is 0.926. The van der Waals surface area contributed by atoms with Gasteiger partial charge in [0.05, 0.1) is 6.61 Å². The molecule has 1 aliphatic rings. The Morgan fingerprint density at radius 2 is 0.750 bits per heavy atom.